The van der Waals surface area contributed by atoms with Gasteiger partial charge in [0, 0.05) is 24.9 Å². The number of urea groups is 1. The van der Waals surface area contributed by atoms with Crippen LogP contribution in [0.3, 0.4) is 0 Å². The Kier molecular flexibility index (Phi) is 3.51. The van der Waals surface area contributed by atoms with Crippen molar-refractivity contribution in [1.82, 2.24) is 10.2 Å². The Bertz CT molecular complexity index is 331. The Morgan fingerprint density at radius 3 is 2.82 bits per heavy atom. The molecule has 17 heavy (non-hydrogen) atoms. The molecule has 2 aliphatic heterocycles. The summed E-state index contributed by atoms with van der Waals surface area (Å²) in [5.41, 5.74) is -0.776. The molecule has 96 valence electrons. The van der Waals surface area contributed by atoms with Crippen molar-refractivity contribution in [2.45, 2.75) is 25.8 Å². The van der Waals surface area contributed by atoms with E-state index in [0.29, 0.717) is 19.5 Å². The molecule has 2 atom stereocenters. The molecule has 0 aliphatic carbocycles. The molecule has 0 spiro atoms. The largest absolute Gasteiger partial charge is 0.481 e. The fourth-order valence-electron chi connectivity index (χ4n) is 2.22. The molecule has 2 saturated heterocycles. The van der Waals surface area contributed by atoms with E-state index < -0.39 is 11.4 Å². The van der Waals surface area contributed by atoms with E-state index in [9.17, 15) is 9.59 Å². The molecular formula is C11H18N2O3S. The maximum Gasteiger partial charge on any atom is 0.317 e. The predicted molar refractivity (Wildman–Crippen MR) is 66.2 cm³/mol. The van der Waals surface area contributed by atoms with Gasteiger partial charge in [-0.2, -0.15) is 11.8 Å². The van der Waals surface area contributed by atoms with Gasteiger partial charge < -0.3 is 15.3 Å². The fourth-order valence-corrected chi connectivity index (χ4v) is 3.38. The molecular weight excluding hydrogens is 240 g/mol. The van der Waals surface area contributed by atoms with Gasteiger partial charge >= 0.3 is 12.0 Å². The van der Waals surface area contributed by atoms with E-state index in [1.807, 2.05) is 11.8 Å². The molecule has 2 heterocycles. The molecule has 0 aromatic heterocycles. The van der Waals surface area contributed by atoms with Crippen LogP contribution in [0.1, 0.15) is 19.8 Å². The minimum absolute atomic E-state index is 0.109. The molecule has 2 rings (SSSR count). The molecule has 0 aromatic rings. The maximum absolute atomic E-state index is 11.9. The molecule has 0 radical (unpaired) electrons. The second-order valence-corrected chi connectivity index (χ2v) is 6.20. The number of carboxylic acids is 1. The second kappa shape index (κ2) is 4.76. The highest BCUT2D eigenvalue weighted by molar-refractivity contribution is 7.99. The van der Waals surface area contributed by atoms with Crippen LogP contribution in [-0.2, 0) is 4.79 Å². The fraction of sp³-hybridized carbons (Fsp3) is 0.818. The first kappa shape index (κ1) is 12.5. The van der Waals surface area contributed by atoms with Gasteiger partial charge in [-0.1, -0.05) is 0 Å². The zero-order chi connectivity index (χ0) is 12.5. The van der Waals surface area contributed by atoms with Gasteiger partial charge in [0.25, 0.3) is 0 Å². The number of hydrogen-bond donors (Lipinski definition) is 2. The average molecular weight is 258 g/mol. The van der Waals surface area contributed by atoms with E-state index in [4.69, 9.17) is 5.11 Å². The quantitative estimate of drug-likeness (QED) is 0.775. The third-order valence-corrected chi connectivity index (χ3v) is 4.70. The summed E-state index contributed by atoms with van der Waals surface area (Å²) in [6, 6.07) is 0.145. The van der Waals surface area contributed by atoms with E-state index in [1.165, 1.54) is 0 Å². The molecule has 2 fully saturated rings. The maximum atomic E-state index is 11.9. The molecule has 6 heteroatoms. The normalized spacial score (nSPS) is 32.8. The third-order valence-electron chi connectivity index (χ3n) is 3.53. The second-order valence-electron chi connectivity index (χ2n) is 5.05. The zero-order valence-electron chi connectivity index (χ0n) is 9.94. The Morgan fingerprint density at radius 1 is 1.53 bits per heavy atom. The summed E-state index contributed by atoms with van der Waals surface area (Å²) in [5, 5.41) is 12.1. The predicted octanol–water partition coefficient (Wildman–Crippen LogP) is 0.998. The summed E-state index contributed by atoms with van der Waals surface area (Å²) >= 11 is 1.84. The summed E-state index contributed by atoms with van der Waals surface area (Å²) in [6.45, 7) is 2.55. The lowest BCUT2D eigenvalue weighted by atomic mass is 9.90. The summed E-state index contributed by atoms with van der Waals surface area (Å²) < 4.78 is 0. The van der Waals surface area contributed by atoms with Crippen molar-refractivity contribution in [3.63, 3.8) is 0 Å². The van der Waals surface area contributed by atoms with Crippen LogP contribution in [0.2, 0.25) is 0 Å². The van der Waals surface area contributed by atoms with Gasteiger partial charge in [-0.25, -0.2) is 4.79 Å². The molecule has 0 saturated carbocycles. The number of nitrogens with one attached hydrogen (secondary N) is 1. The van der Waals surface area contributed by atoms with Crippen LogP contribution in [0.4, 0.5) is 4.79 Å². The van der Waals surface area contributed by atoms with Crippen molar-refractivity contribution in [2.75, 3.05) is 24.6 Å². The summed E-state index contributed by atoms with van der Waals surface area (Å²) in [4.78, 5) is 24.6. The molecule has 2 N–H and O–H groups in total. The first-order valence-corrected chi connectivity index (χ1v) is 7.03. The number of carbonyl (C=O) groups excluding carboxylic acids is 1. The van der Waals surface area contributed by atoms with Crippen LogP contribution in [0.15, 0.2) is 0 Å². The number of amides is 2. The van der Waals surface area contributed by atoms with Crippen molar-refractivity contribution in [3.05, 3.63) is 0 Å². The summed E-state index contributed by atoms with van der Waals surface area (Å²) in [6.07, 6.45) is 1.55. The highest BCUT2D eigenvalue weighted by atomic mass is 32.2. The van der Waals surface area contributed by atoms with E-state index in [0.717, 1.165) is 17.9 Å². The number of rotatable bonds is 2. The third kappa shape index (κ3) is 2.68. The average Bonchev–Trinajstić information content (AvgIpc) is 2.88. The monoisotopic (exact) mass is 258 g/mol. The number of aliphatic carboxylic acids is 1. The minimum Gasteiger partial charge on any atom is -0.481 e. The number of hydrogen-bond acceptors (Lipinski definition) is 3. The Morgan fingerprint density at radius 2 is 2.29 bits per heavy atom. The summed E-state index contributed by atoms with van der Waals surface area (Å²) in [5.74, 6) is 1.25. The summed E-state index contributed by atoms with van der Waals surface area (Å²) in [7, 11) is 0. The molecule has 0 aromatic carbocycles. The number of likely N-dealkylation sites (tertiary alicyclic amines) is 1. The van der Waals surface area contributed by atoms with E-state index in [-0.39, 0.29) is 12.1 Å². The number of carbonyl (C=O) groups is 2. The van der Waals surface area contributed by atoms with E-state index in [2.05, 4.69) is 5.32 Å². The number of nitrogens with zero attached hydrogens (tertiary/aromatic N) is 1. The van der Waals surface area contributed by atoms with Crippen LogP contribution in [0.25, 0.3) is 0 Å². The van der Waals surface area contributed by atoms with Crippen LogP contribution in [0.5, 0.6) is 0 Å². The van der Waals surface area contributed by atoms with Crippen LogP contribution >= 0.6 is 11.8 Å². The van der Waals surface area contributed by atoms with Crippen molar-refractivity contribution in [2.24, 2.45) is 5.41 Å². The van der Waals surface area contributed by atoms with Gasteiger partial charge in [-0.3, -0.25) is 4.79 Å². The van der Waals surface area contributed by atoms with Crippen LogP contribution in [0, 0.1) is 5.41 Å². The highest BCUT2D eigenvalue weighted by Crippen LogP contribution is 2.30. The van der Waals surface area contributed by atoms with E-state index >= 15 is 0 Å². The van der Waals surface area contributed by atoms with Crippen molar-refractivity contribution in [1.29, 1.82) is 0 Å². The zero-order valence-corrected chi connectivity index (χ0v) is 10.8. The standard InChI is InChI=1S/C11H18N2O3S/c1-11(9(14)15)3-4-13(7-11)10(16)12-8-2-5-17-6-8/h8H,2-7H2,1H3,(H,12,16)(H,14,15). The molecule has 0 bridgehead atoms. The van der Waals surface area contributed by atoms with Crippen LogP contribution in [-0.4, -0.2) is 52.6 Å². The SMILES string of the molecule is CC1(C(=O)O)CCN(C(=O)NC2CCSC2)C1. The lowest BCUT2D eigenvalue weighted by molar-refractivity contribution is -0.146. The van der Waals surface area contributed by atoms with Crippen molar-refractivity contribution < 1.29 is 14.7 Å². The van der Waals surface area contributed by atoms with Gasteiger partial charge in [-0.15, -0.1) is 0 Å². The highest BCUT2D eigenvalue weighted by Gasteiger charge is 2.42. The van der Waals surface area contributed by atoms with Gasteiger partial charge in [0.2, 0.25) is 0 Å². The smallest absolute Gasteiger partial charge is 0.317 e. The first-order chi connectivity index (χ1) is 8.01. The Balaban J connectivity index is 1.87. The molecule has 2 amide bonds. The molecule has 2 aliphatic rings. The van der Waals surface area contributed by atoms with Gasteiger partial charge in [0.1, 0.15) is 0 Å². The van der Waals surface area contributed by atoms with Gasteiger partial charge in [-0.05, 0) is 25.5 Å². The first-order valence-electron chi connectivity index (χ1n) is 5.88. The number of carboxylic acid groups (broad SMARTS) is 1. The van der Waals surface area contributed by atoms with Crippen molar-refractivity contribution in [3.8, 4) is 0 Å². The van der Waals surface area contributed by atoms with E-state index in [1.54, 1.807) is 11.8 Å². The molecule has 2 unspecified atom stereocenters. The van der Waals surface area contributed by atoms with Crippen molar-refractivity contribution >= 4 is 23.8 Å². The molecule has 5 nitrogen and oxygen atoms in total. The lowest BCUT2D eigenvalue weighted by Gasteiger charge is -2.22. The lowest BCUT2D eigenvalue weighted by Crippen LogP contribution is -2.45. The van der Waals surface area contributed by atoms with Gasteiger partial charge in [0.05, 0.1) is 5.41 Å². The van der Waals surface area contributed by atoms with Crippen LogP contribution < -0.4 is 5.32 Å². The number of thioether (sulfide) groups is 1. The van der Waals surface area contributed by atoms with Gasteiger partial charge in [0.15, 0.2) is 0 Å². The Hall–Kier alpha value is -0.910. The minimum atomic E-state index is -0.816. The topological polar surface area (TPSA) is 69.6 Å². The Labute approximate surface area is 105 Å².